The van der Waals surface area contributed by atoms with Crippen molar-refractivity contribution in [3.8, 4) is 0 Å². The molecule has 21 heavy (non-hydrogen) atoms. The number of hydrogen-bond donors (Lipinski definition) is 1. The number of carbonyl (C=O) groups is 1. The maximum absolute atomic E-state index is 11.7. The van der Waals surface area contributed by atoms with Crippen molar-refractivity contribution in [2.24, 2.45) is 0 Å². The Labute approximate surface area is 127 Å². The first-order chi connectivity index (χ1) is 9.91. The number of nitrogens with one attached hydrogen (secondary N) is 1. The van der Waals surface area contributed by atoms with Crippen molar-refractivity contribution in [3.05, 3.63) is 24.3 Å². The summed E-state index contributed by atoms with van der Waals surface area (Å²) in [4.78, 5) is 13.6. The third-order valence-electron chi connectivity index (χ3n) is 4.02. The highest BCUT2D eigenvalue weighted by atomic mass is 16.5. The molecule has 1 heterocycles. The molecule has 1 aliphatic rings. The molecular formula is C17H26N2O2. The molecule has 1 aromatic carbocycles. The zero-order valence-corrected chi connectivity index (χ0v) is 13.5. The fourth-order valence-electron chi connectivity index (χ4n) is 2.82. The van der Waals surface area contributed by atoms with E-state index in [0.717, 1.165) is 30.8 Å². The molecule has 0 bridgehead atoms. The molecule has 0 saturated carbocycles. The lowest BCUT2D eigenvalue weighted by atomic mass is 9.99. The highest BCUT2D eigenvalue weighted by Crippen LogP contribution is 2.24. The van der Waals surface area contributed by atoms with Crippen LogP contribution in [0.15, 0.2) is 24.3 Å². The van der Waals surface area contributed by atoms with Crippen LogP contribution in [0.1, 0.15) is 40.0 Å². The quantitative estimate of drug-likeness (QED) is 0.872. The summed E-state index contributed by atoms with van der Waals surface area (Å²) in [6.45, 7) is 7.17. The van der Waals surface area contributed by atoms with Gasteiger partial charge in [0.05, 0.1) is 5.60 Å². The number of rotatable bonds is 6. The van der Waals surface area contributed by atoms with Crippen LogP contribution < -0.4 is 10.2 Å². The second-order valence-corrected chi connectivity index (χ2v) is 6.41. The minimum Gasteiger partial charge on any atom is -0.382 e. The minimum atomic E-state index is -0.131. The Balaban J connectivity index is 1.95. The lowest BCUT2D eigenvalue weighted by Crippen LogP contribution is -2.31. The summed E-state index contributed by atoms with van der Waals surface area (Å²) in [5.41, 5.74) is 1.94. The molecule has 0 radical (unpaired) electrons. The number of hydrogen-bond acceptors (Lipinski definition) is 3. The van der Waals surface area contributed by atoms with Crippen molar-refractivity contribution in [2.45, 2.75) is 51.7 Å². The lowest BCUT2D eigenvalue weighted by molar-refractivity contribution is -0.117. The third kappa shape index (κ3) is 4.21. The van der Waals surface area contributed by atoms with Gasteiger partial charge in [0, 0.05) is 37.5 Å². The predicted molar refractivity (Wildman–Crippen MR) is 86.8 cm³/mol. The summed E-state index contributed by atoms with van der Waals surface area (Å²) < 4.78 is 5.46. The van der Waals surface area contributed by atoms with Crippen LogP contribution in [-0.4, -0.2) is 31.2 Å². The SMILES string of the molecule is COC(C)(C)CC(C)Nc1ccc(N2CCCC2=O)cc1. The molecule has 4 nitrogen and oxygen atoms in total. The molecular weight excluding hydrogens is 264 g/mol. The first kappa shape index (κ1) is 15.8. The van der Waals surface area contributed by atoms with E-state index >= 15 is 0 Å². The van der Waals surface area contributed by atoms with Crippen LogP contribution in [0.25, 0.3) is 0 Å². The van der Waals surface area contributed by atoms with Crippen molar-refractivity contribution in [3.63, 3.8) is 0 Å². The topological polar surface area (TPSA) is 41.6 Å². The molecule has 1 N–H and O–H groups in total. The van der Waals surface area contributed by atoms with Crippen molar-refractivity contribution in [1.29, 1.82) is 0 Å². The molecule has 116 valence electrons. The fourth-order valence-corrected chi connectivity index (χ4v) is 2.82. The van der Waals surface area contributed by atoms with E-state index in [9.17, 15) is 4.79 Å². The maximum atomic E-state index is 11.7. The zero-order valence-electron chi connectivity index (χ0n) is 13.5. The van der Waals surface area contributed by atoms with Crippen LogP contribution in [0.4, 0.5) is 11.4 Å². The molecule has 1 amide bonds. The summed E-state index contributed by atoms with van der Waals surface area (Å²) >= 11 is 0. The second-order valence-electron chi connectivity index (χ2n) is 6.41. The van der Waals surface area contributed by atoms with E-state index in [1.165, 1.54) is 0 Å². The van der Waals surface area contributed by atoms with Gasteiger partial charge in [-0.3, -0.25) is 4.79 Å². The highest BCUT2D eigenvalue weighted by molar-refractivity contribution is 5.95. The van der Waals surface area contributed by atoms with Gasteiger partial charge in [0.15, 0.2) is 0 Å². The Kier molecular flexibility index (Phi) is 4.88. The molecule has 0 spiro atoms. The first-order valence-electron chi connectivity index (χ1n) is 7.63. The van der Waals surface area contributed by atoms with E-state index in [1.54, 1.807) is 7.11 Å². The van der Waals surface area contributed by atoms with Gasteiger partial charge < -0.3 is 15.0 Å². The largest absolute Gasteiger partial charge is 0.382 e. The van der Waals surface area contributed by atoms with E-state index in [-0.39, 0.29) is 11.5 Å². The molecule has 0 aromatic heterocycles. The van der Waals surface area contributed by atoms with Crippen molar-refractivity contribution >= 4 is 17.3 Å². The number of amides is 1. The maximum Gasteiger partial charge on any atom is 0.227 e. The van der Waals surface area contributed by atoms with Gasteiger partial charge in [-0.2, -0.15) is 0 Å². The van der Waals surface area contributed by atoms with Gasteiger partial charge in [-0.15, -0.1) is 0 Å². The van der Waals surface area contributed by atoms with Crippen molar-refractivity contribution in [1.82, 2.24) is 0 Å². The number of nitrogens with zero attached hydrogens (tertiary/aromatic N) is 1. The van der Waals surface area contributed by atoms with E-state index in [4.69, 9.17) is 4.74 Å². The van der Waals surface area contributed by atoms with Crippen LogP contribution in [0.2, 0.25) is 0 Å². The Bertz CT molecular complexity index is 482. The van der Waals surface area contributed by atoms with E-state index < -0.39 is 0 Å². The number of anilines is 2. The average molecular weight is 290 g/mol. The summed E-state index contributed by atoms with van der Waals surface area (Å²) in [5.74, 6) is 0.228. The van der Waals surface area contributed by atoms with Gasteiger partial charge in [-0.25, -0.2) is 0 Å². The predicted octanol–water partition coefficient (Wildman–Crippen LogP) is 3.43. The molecule has 1 aromatic rings. The average Bonchev–Trinajstić information content (AvgIpc) is 2.85. The molecule has 1 fully saturated rings. The number of ether oxygens (including phenoxy) is 1. The summed E-state index contributed by atoms with van der Waals surface area (Å²) in [5, 5.41) is 3.48. The Morgan fingerprint density at radius 1 is 1.33 bits per heavy atom. The van der Waals surface area contributed by atoms with Gasteiger partial charge in [0.2, 0.25) is 5.91 Å². The van der Waals surface area contributed by atoms with E-state index in [2.05, 4.69) is 26.1 Å². The van der Waals surface area contributed by atoms with E-state index in [1.807, 2.05) is 29.2 Å². The molecule has 1 unspecified atom stereocenters. The van der Waals surface area contributed by atoms with Crippen LogP contribution in [0.3, 0.4) is 0 Å². The Hall–Kier alpha value is -1.55. The van der Waals surface area contributed by atoms with E-state index in [0.29, 0.717) is 12.5 Å². The molecule has 0 aliphatic carbocycles. The second kappa shape index (κ2) is 6.48. The van der Waals surface area contributed by atoms with Crippen LogP contribution in [0, 0.1) is 0 Å². The normalized spacial score (nSPS) is 17.1. The highest BCUT2D eigenvalue weighted by Gasteiger charge is 2.22. The first-order valence-corrected chi connectivity index (χ1v) is 7.63. The fraction of sp³-hybridized carbons (Fsp3) is 0.588. The molecule has 1 atom stereocenters. The van der Waals surface area contributed by atoms with Crippen molar-refractivity contribution in [2.75, 3.05) is 23.9 Å². The number of benzene rings is 1. The minimum absolute atomic E-state index is 0.131. The summed E-state index contributed by atoms with van der Waals surface area (Å²) in [6.07, 6.45) is 2.56. The smallest absolute Gasteiger partial charge is 0.227 e. The van der Waals surface area contributed by atoms with Crippen molar-refractivity contribution < 1.29 is 9.53 Å². The lowest BCUT2D eigenvalue weighted by Gasteiger charge is -2.27. The van der Waals surface area contributed by atoms with Gasteiger partial charge in [-0.1, -0.05) is 0 Å². The van der Waals surface area contributed by atoms with Crippen LogP contribution in [-0.2, 0) is 9.53 Å². The summed E-state index contributed by atoms with van der Waals surface area (Å²) in [7, 11) is 1.74. The standard InChI is InChI=1S/C17H26N2O2/c1-13(12-17(2,3)21-4)18-14-7-9-15(10-8-14)19-11-5-6-16(19)20/h7-10,13,18H,5-6,11-12H2,1-4H3. The molecule has 4 heteroatoms. The van der Waals surface area contributed by atoms with Crippen LogP contribution in [0.5, 0.6) is 0 Å². The van der Waals surface area contributed by atoms with Gasteiger partial charge in [-0.05, 0) is 57.9 Å². The Morgan fingerprint density at radius 3 is 2.52 bits per heavy atom. The Morgan fingerprint density at radius 2 is 2.00 bits per heavy atom. The third-order valence-corrected chi connectivity index (χ3v) is 4.02. The van der Waals surface area contributed by atoms with Gasteiger partial charge in [0.1, 0.15) is 0 Å². The van der Waals surface area contributed by atoms with Gasteiger partial charge >= 0.3 is 0 Å². The van der Waals surface area contributed by atoms with Crippen LogP contribution >= 0.6 is 0 Å². The number of carbonyl (C=O) groups excluding carboxylic acids is 1. The summed E-state index contributed by atoms with van der Waals surface area (Å²) in [6, 6.07) is 8.42. The monoisotopic (exact) mass is 290 g/mol. The molecule has 1 aliphatic heterocycles. The zero-order chi connectivity index (χ0) is 15.5. The molecule has 1 saturated heterocycles. The number of methoxy groups -OCH3 is 1. The van der Waals surface area contributed by atoms with Gasteiger partial charge in [0.25, 0.3) is 0 Å². The molecule has 2 rings (SSSR count).